The van der Waals surface area contributed by atoms with Gasteiger partial charge in [0.15, 0.2) is 6.61 Å². The molecule has 0 spiro atoms. The van der Waals surface area contributed by atoms with Crippen molar-refractivity contribution in [2.75, 3.05) is 19.7 Å². The lowest BCUT2D eigenvalue weighted by Crippen LogP contribution is -2.32. The van der Waals surface area contributed by atoms with E-state index in [1.165, 1.54) is 23.0 Å². The lowest BCUT2D eigenvalue weighted by atomic mass is 9.84. The van der Waals surface area contributed by atoms with E-state index in [0.29, 0.717) is 16.9 Å². The molecule has 7 nitrogen and oxygen atoms in total. The molecular weight excluding hydrogens is 484 g/mol. The maximum Gasteiger partial charge on any atom is 0.278 e. The first kappa shape index (κ1) is 26.3. The molecule has 3 heterocycles. The summed E-state index contributed by atoms with van der Waals surface area (Å²) in [5.41, 5.74) is 3.04. The molecule has 1 N–H and O–H groups in total. The summed E-state index contributed by atoms with van der Waals surface area (Å²) in [5.74, 6) is -1.65. The first-order chi connectivity index (χ1) is 17.2. The number of carbonyl (C=O) groups excluding carboxylic acids is 1. The van der Waals surface area contributed by atoms with Gasteiger partial charge in [-0.1, -0.05) is 16.9 Å². The van der Waals surface area contributed by atoms with Gasteiger partial charge in [-0.2, -0.15) is 0 Å². The van der Waals surface area contributed by atoms with Gasteiger partial charge >= 0.3 is 0 Å². The number of fused-ring (bicyclic) bond motifs is 1. The van der Waals surface area contributed by atoms with E-state index in [4.69, 9.17) is 4.74 Å². The molecule has 4 rings (SSSR count). The van der Waals surface area contributed by atoms with Gasteiger partial charge in [0, 0.05) is 55.1 Å². The first-order valence-corrected chi connectivity index (χ1v) is 13.2. The van der Waals surface area contributed by atoms with E-state index < -0.39 is 12.5 Å². The fraction of sp³-hybridized carbons (Fsp3) is 0.538. The summed E-state index contributed by atoms with van der Waals surface area (Å²) in [5, 5.41) is 3.22. The monoisotopic (exact) mass is 517 g/mol. The van der Waals surface area contributed by atoms with Crippen LogP contribution in [0.2, 0.25) is 0 Å². The molecule has 36 heavy (non-hydrogen) atoms. The molecule has 10 heteroatoms. The van der Waals surface area contributed by atoms with Gasteiger partial charge in [0.1, 0.15) is 5.82 Å². The third kappa shape index (κ3) is 8.16. The molecular formula is C26H33F2N5O2S. The van der Waals surface area contributed by atoms with Crippen LogP contribution in [0.25, 0.3) is 6.08 Å². The summed E-state index contributed by atoms with van der Waals surface area (Å²) >= 11 is 1.39. The van der Waals surface area contributed by atoms with Gasteiger partial charge in [0.05, 0.1) is 5.69 Å². The number of halogens is 2. The smallest absolute Gasteiger partial charge is 0.278 e. The van der Waals surface area contributed by atoms with Crippen LogP contribution in [0.4, 0.5) is 8.78 Å². The van der Waals surface area contributed by atoms with Gasteiger partial charge in [0.2, 0.25) is 5.91 Å². The Morgan fingerprint density at radius 2 is 2.03 bits per heavy atom. The Balaban J connectivity index is 1.15. The van der Waals surface area contributed by atoms with Crippen LogP contribution < -0.4 is 10.1 Å². The van der Waals surface area contributed by atoms with Crippen molar-refractivity contribution in [3.63, 3.8) is 0 Å². The van der Waals surface area contributed by atoms with Crippen molar-refractivity contribution in [3.05, 3.63) is 52.2 Å². The molecule has 1 amide bonds. The van der Waals surface area contributed by atoms with E-state index in [2.05, 4.69) is 25.2 Å². The molecule has 2 aliphatic rings. The van der Waals surface area contributed by atoms with E-state index in [9.17, 15) is 13.6 Å². The normalized spacial score (nSPS) is 18.8. The zero-order chi connectivity index (χ0) is 25.5. The second kappa shape index (κ2) is 12.0. The minimum absolute atomic E-state index is 0.159. The van der Waals surface area contributed by atoms with E-state index >= 15 is 0 Å². The quantitative estimate of drug-likeness (QED) is 0.475. The average Bonchev–Trinajstić information content (AvgIpc) is 3.27. The van der Waals surface area contributed by atoms with Crippen LogP contribution >= 0.6 is 11.3 Å². The summed E-state index contributed by atoms with van der Waals surface area (Å²) in [4.78, 5) is 28.3. The van der Waals surface area contributed by atoms with Gasteiger partial charge in [-0.15, -0.1) is 0 Å². The summed E-state index contributed by atoms with van der Waals surface area (Å²) in [6.07, 6.45) is 14.7. The zero-order valence-corrected chi connectivity index (χ0v) is 21.6. The summed E-state index contributed by atoms with van der Waals surface area (Å²) < 4.78 is 31.3. The molecule has 1 fully saturated rings. The first-order valence-electron chi connectivity index (χ1n) is 12.4. The minimum atomic E-state index is -2.85. The van der Waals surface area contributed by atoms with Crippen molar-refractivity contribution in [3.8, 4) is 5.19 Å². The van der Waals surface area contributed by atoms with Crippen LogP contribution in [0.1, 0.15) is 61.0 Å². The molecule has 1 saturated carbocycles. The lowest BCUT2D eigenvalue weighted by molar-refractivity contribution is -0.115. The second-order valence-electron chi connectivity index (χ2n) is 9.67. The summed E-state index contributed by atoms with van der Waals surface area (Å²) in [7, 11) is 0. The van der Waals surface area contributed by atoms with Crippen molar-refractivity contribution in [2.24, 2.45) is 5.92 Å². The number of nitrogens with one attached hydrogen (secondary N) is 1. The Bertz CT molecular complexity index is 1080. The molecule has 0 atom stereocenters. The highest BCUT2D eigenvalue weighted by molar-refractivity contribution is 7.13. The molecule has 2 aromatic heterocycles. The van der Waals surface area contributed by atoms with Crippen molar-refractivity contribution in [2.45, 2.75) is 64.8 Å². The highest BCUT2D eigenvalue weighted by atomic mass is 32.1. The standard InChI is InChI=1S/C26H33F2N5O2S/c1-18-29-14-21(15-30-18)7-8-24(34)31-13-20-5-3-19(4-6-20)9-11-33-12-10-23-22(16-33)32-25(36-23)35-17-26(2,27)28/h7-8,13-15,19H,3-6,9-12,16-17H2,1-2H3,(H,31,34)/b8-7+,20-13?. The van der Waals surface area contributed by atoms with Crippen LogP contribution in [0, 0.1) is 12.8 Å². The predicted octanol–water partition coefficient (Wildman–Crippen LogP) is 4.93. The molecule has 2 aromatic rings. The lowest BCUT2D eigenvalue weighted by Gasteiger charge is -2.29. The molecule has 0 saturated heterocycles. The van der Waals surface area contributed by atoms with Gasteiger partial charge in [-0.25, -0.2) is 23.7 Å². The Morgan fingerprint density at radius 1 is 1.28 bits per heavy atom. The van der Waals surface area contributed by atoms with Crippen molar-refractivity contribution in [1.82, 2.24) is 25.2 Å². The van der Waals surface area contributed by atoms with Gasteiger partial charge < -0.3 is 10.1 Å². The topological polar surface area (TPSA) is 80.2 Å². The Hall–Kier alpha value is -2.72. The maximum absolute atomic E-state index is 13.0. The Morgan fingerprint density at radius 3 is 2.75 bits per heavy atom. The van der Waals surface area contributed by atoms with Crippen molar-refractivity contribution in [1.29, 1.82) is 0 Å². The van der Waals surface area contributed by atoms with E-state index in [1.54, 1.807) is 18.5 Å². The number of ether oxygens (including phenoxy) is 1. The second-order valence-corrected chi connectivity index (χ2v) is 10.7. The summed E-state index contributed by atoms with van der Waals surface area (Å²) in [6.45, 7) is 4.76. The predicted molar refractivity (Wildman–Crippen MR) is 136 cm³/mol. The molecule has 1 aliphatic heterocycles. The SMILES string of the molecule is Cc1ncc(/C=C/C(=O)NC=C2CCC(CCN3CCc4sc(OCC(C)(F)F)nc4C3)CC2)cn1. The molecule has 0 unspecified atom stereocenters. The van der Waals surface area contributed by atoms with Gasteiger partial charge in [-0.05, 0) is 64.0 Å². The maximum atomic E-state index is 13.0. The number of hydrogen-bond acceptors (Lipinski definition) is 7. The van der Waals surface area contributed by atoms with Crippen molar-refractivity contribution >= 4 is 23.3 Å². The zero-order valence-electron chi connectivity index (χ0n) is 20.8. The van der Waals surface area contributed by atoms with Crippen molar-refractivity contribution < 1.29 is 18.3 Å². The highest BCUT2D eigenvalue weighted by Crippen LogP contribution is 2.33. The number of aryl methyl sites for hydroxylation is 1. The fourth-order valence-corrected chi connectivity index (χ4v) is 5.30. The number of alkyl halides is 2. The largest absolute Gasteiger partial charge is 0.464 e. The van der Waals surface area contributed by atoms with Crippen LogP contribution in [0.3, 0.4) is 0 Å². The number of thiazole rings is 1. The third-order valence-electron chi connectivity index (χ3n) is 6.48. The highest BCUT2D eigenvalue weighted by Gasteiger charge is 2.26. The van der Waals surface area contributed by atoms with E-state index in [1.807, 2.05) is 13.1 Å². The number of nitrogens with zero attached hydrogens (tertiary/aromatic N) is 4. The Kier molecular flexibility index (Phi) is 8.79. The van der Waals surface area contributed by atoms with E-state index in [0.717, 1.165) is 81.2 Å². The van der Waals surface area contributed by atoms with Crippen LogP contribution in [-0.2, 0) is 17.8 Å². The molecule has 1 aliphatic carbocycles. The number of hydrogen-bond donors (Lipinski definition) is 1. The van der Waals surface area contributed by atoms with Crippen LogP contribution in [0.5, 0.6) is 5.19 Å². The summed E-state index contributed by atoms with van der Waals surface area (Å²) in [6, 6.07) is 0. The number of rotatable bonds is 9. The minimum Gasteiger partial charge on any atom is -0.464 e. The van der Waals surface area contributed by atoms with Gasteiger partial charge in [-0.3, -0.25) is 9.69 Å². The van der Waals surface area contributed by atoms with E-state index in [-0.39, 0.29) is 5.91 Å². The van der Waals surface area contributed by atoms with Gasteiger partial charge in [0.25, 0.3) is 11.1 Å². The Labute approximate surface area is 214 Å². The third-order valence-corrected chi connectivity index (χ3v) is 7.55. The molecule has 0 aromatic carbocycles. The molecule has 0 bridgehead atoms. The van der Waals surface area contributed by atoms with Crippen LogP contribution in [-0.4, -0.2) is 51.4 Å². The number of carbonyl (C=O) groups is 1. The van der Waals surface area contributed by atoms with Crippen LogP contribution in [0.15, 0.2) is 30.2 Å². The molecule has 194 valence electrons. The molecule has 0 radical (unpaired) electrons. The number of aromatic nitrogens is 3. The fourth-order valence-electron chi connectivity index (χ4n) is 4.40. The average molecular weight is 518 g/mol. The number of allylic oxidation sites excluding steroid dienone is 1. The number of amides is 1.